The van der Waals surface area contributed by atoms with Crippen LogP contribution >= 0.6 is 24.0 Å². The maximum atomic E-state index is 13.4. The fourth-order valence-corrected chi connectivity index (χ4v) is 5.87. The number of hydrogen-bond acceptors (Lipinski definition) is 7. The smallest absolute Gasteiger partial charge is 0.270 e. The Labute approximate surface area is 218 Å². The second-order valence-corrected chi connectivity index (χ2v) is 10.6. The van der Waals surface area contributed by atoms with Gasteiger partial charge in [-0.1, -0.05) is 50.2 Å². The number of pyridine rings is 1. The number of nitrogens with zero attached hydrogens (tertiary/aromatic N) is 4. The summed E-state index contributed by atoms with van der Waals surface area (Å²) in [6, 6.07) is 2.13. The van der Waals surface area contributed by atoms with Gasteiger partial charge in [0.1, 0.15) is 21.8 Å². The van der Waals surface area contributed by atoms with Gasteiger partial charge in [-0.3, -0.25) is 19.1 Å². The quantitative estimate of drug-likeness (QED) is 0.250. The summed E-state index contributed by atoms with van der Waals surface area (Å²) < 4.78 is 7.71. The molecule has 0 unspecified atom stereocenters. The highest BCUT2D eigenvalue weighted by molar-refractivity contribution is 8.26. The van der Waals surface area contributed by atoms with Crippen molar-refractivity contribution in [3.63, 3.8) is 0 Å². The molecule has 1 amide bonds. The highest BCUT2D eigenvalue weighted by atomic mass is 32.2. The van der Waals surface area contributed by atoms with E-state index in [1.807, 2.05) is 19.9 Å². The fraction of sp³-hybridized carbons (Fsp3) is 0.615. The highest BCUT2D eigenvalue weighted by Gasteiger charge is 2.33. The summed E-state index contributed by atoms with van der Waals surface area (Å²) in [7, 11) is 0. The Morgan fingerprint density at radius 3 is 2.46 bits per heavy atom. The molecule has 0 bridgehead atoms. The van der Waals surface area contributed by atoms with Gasteiger partial charge in [0.15, 0.2) is 0 Å². The van der Waals surface area contributed by atoms with Crippen molar-refractivity contribution in [2.75, 3.05) is 37.7 Å². The Morgan fingerprint density at radius 1 is 1.11 bits per heavy atom. The molecule has 7 nitrogen and oxygen atoms in total. The van der Waals surface area contributed by atoms with Crippen LogP contribution in [0, 0.1) is 18.3 Å². The van der Waals surface area contributed by atoms with Gasteiger partial charge in [-0.2, -0.15) is 5.26 Å². The molecule has 0 aliphatic carbocycles. The first-order chi connectivity index (χ1) is 16.9. The topological polar surface area (TPSA) is 78.6 Å². The molecular weight excluding hydrogens is 480 g/mol. The van der Waals surface area contributed by atoms with E-state index in [-0.39, 0.29) is 17.0 Å². The molecular formula is C26H36N4O3S2. The van der Waals surface area contributed by atoms with E-state index in [0.29, 0.717) is 47.5 Å². The third kappa shape index (κ3) is 6.35. The van der Waals surface area contributed by atoms with Crippen LogP contribution in [0.5, 0.6) is 0 Å². The van der Waals surface area contributed by atoms with Crippen molar-refractivity contribution in [2.45, 2.75) is 72.3 Å². The predicted molar refractivity (Wildman–Crippen MR) is 147 cm³/mol. The van der Waals surface area contributed by atoms with Gasteiger partial charge in [-0.15, -0.1) is 0 Å². The lowest BCUT2D eigenvalue weighted by molar-refractivity contribution is -0.122. The van der Waals surface area contributed by atoms with E-state index >= 15 is 0 Å². The summed E-state index contributed by atoms with van der Waals surface area (Å²) in [6.07, 6.45) is 8.81. The number of carbonyl (C=O) groups excluding carboxylic acids is 1. The number of thioether (sulfide) groups is 1. The Bertz CT molecular complexity index is 1070. The third-order valence-electron chi connectivity index (χ3n) is 6.51. The van der Waals surface area contributed by atoms with Gasteiger partial charge < -0.3 is 9.64 Å². The molecule has 35 heavy (non-hydrogen) atoms. The number of aromatic nitrogens is 1. The molecule has 0 radical (unpaired) electrons. The second kappa shape index (κ2) is 13.2. The Hall–Kier alpha value is -2.15. The standard InChI is InChI=1S/C26H36N4O3S2/c1-4-6-14-29-23(28-12-9-7-8-10-13-28)20(19(3)21(18-27)24(29)31)17-22-25(32)30(26(34)35-22)15-11-16-33-5-2/h17H,4-16H2,1-3H3/b22-17+. The molecule has 3 rings (SSSR count). The maximum absolute atomic E-state index is 13.4. The lowest BCUT2D eigenvalue weighted by Gasteiger charge is -2.29. The van der Waals surface area contributed by atoms with Crippen molar-refractivity contribution in [3.05, 3.63) is 31.9 Å². The van der Waals surface area contributed by atoms with E-state index in [2.05, 4.69) is 17.9 Å². The molecule has 0 saturated carbocycles. The van der Waals surface area contributed by atoms with Crippen LogP contribution in [0.3, 0.4) is 0 Å². The highest BCUT2D eigenvalue weighted by Crippen LogP contribution is 2.36. The molecule has 190 valence electrons. The van der Waals surface area contributed by atoms with Gasteiger partial charge in [0, 0.05) is 45.0 Å². The summed E-state index contributed by atoms with van der Waals surface area (Å²) in [5.41, 5.74) is 1.33. The summed E-state index contributed by atoms with van der Waals surface area (Å²) in [5, 5.41) is 9.85. The molecule has 0 spiro atoms. The van der Waals surface area contributed by atoms with Crippen LogP contribution in [-0.4, -0.2) is 52.5 Å². The van der Waals surface area contributed by atoms with Crippen LogP contribution in [-0.2, 0) is 16.1 Å². The molecule has 0 atom stereocenters. The number of hydrogen-bond donors (Lipinski definition) is 0. The minimum absolute atomic E-state index is 0.123. The van der Waals surface area contributed by atoms with Crippen LogP contribution in [0.1, 0.15) is 75.5 Å². The molecule has 0 aromatic carbocycles. The summed E-state index contributed by atoms with van der Waals surface area (Å²) in [6.45, 7) is 9.86. The van der Waals surface area contributed by atoms with Crippen molar-refractivity contribution in [1.29, 1.82) is 5.26 Å². The van der Waals surface area contributed by atoms with Crippen molar-refractivity contribution in [1.82, 2.24) is 9.47 Å². The number of thiocarbonyl (C=S) groups is 1. The van der Waals surface area contributed by atoms with E-state index in [0.717, 1.165) is 50.2 Å². The molecule has 1 aromatic heterocycles. The van der Waals surface area contributed by atoms with E-state index in [4.69, 9.17) is 17.0 Å². The Morgan fingerprint density at radius 2 is 1.83 bits per heavy atom. The summed E-state index contributed by atoms with van der Waals surface area (Å²) >= 11 is 6.81. The minimum atomic E-state index is -0.238. The van der Waals surface area contributed by atoms with Gasteiger partial charge in [0.2, 0.25) is 0 Å². The largest absolute Gasteiger partial charge is 0.382 e. The first kappa shape index (κ1) is 27.4. The molecule has 1 aromatic rings. The van der Waals surface area contributed by atoms with Crippen molar-refractivity contribution >= 4 is 46.1 Å². The average Bonchev–Trinajstić information content (AvgIpc) is 3.02. The summed E-state index contributed by atoms with van der Waals surface area (Å²) in [5.74, 6) is 0.714. The van der Waals surface area contributed by atoms with Crippen molar-refractivity contribution in [2.24, 2.45) is 0 Å². The molecule has 9 heteroatoms. The zero-order valence-electron chi connectivity index (χ0n) is 21.1. The van der Waals surface area contributed by atoms with E-state index in [1.54, 1.807) is 9.47 Å². The van der Waals surface area contributed by atoms with Crippen molar-refractivity contribution < 1.29 is 9.53 Å². The molecule has 2 aliphatic heterocycles. The monoisotopic (exact) mass is 516 g/mol. The lowest BCUT2D eigenvalue weighted by Crippen LogP contribution is -2.35. The maximum Gasteiger partial charge on any atom is 0.270 e. The average molecular weight is 517 g/mol. The van der Waals surface area contributed by atoms with Gasteiger partial charge in [-0.25, -0.2) is 0 Å². The van der Waals surface area contributed by atoms with E-state index in [1.165, 1.54) is 24.6 Å². The number of nitriles is 1. The lowest BCUT2D eigenvalue weighted by atomic mass is 10.0. The molecule has 2 aliphatic rings. The molecule has 3 heterocycles. The van der Waals surface area contributed by atoms with Crippen LogP contribution in [0.2, 0.25) is 0 Å². The zero-order chi connectivity index (χ0) is 25.4. The Kier molecular flexibility index (Phi) is 10.4. The number of unbranched alkanes of at least 4 members (excludes halogenated alkanes) is 1. The zero-order valence-corrected chi connectivity index (χ0v) is 22.7. The number of rotatable bonds is 10. The van der Waals surface area contributed by atoms with Crippen LogP contribution in [0.4, 0.5) is 5.82 Å². The Balaban J connectivity index is 2.10. The normalized spacial score (nSPS) is 17.8. The SMILES string of the molecule is CCCCn1c(N2CCCCCC2)c(/C=C2/SC(=S)N(CCCOCC)C2=O)c(C)c(C#N)c1=O. The molecule has 2 fully saturated rings. The molecule has 2 saturated heterocycles. The second-order valence-electron chi connectivity index (χ2n) is 8.94. The van der Waals surface area contributed by atoms with Gasteiger partial charge >= 0.3 is 0 Å². The van der Waals surface area contributed by atoms with Gasteiger partial charge in [0.25, 0.3) is 11.5 Å². The summed E-state index contributed by atoms with van der Waals surface area (Å²) in [4.78, 5) is 31.1. The number of carbonyl (C=O) groups is 1. The number of ether oxygens (including phenoxy) is 1. The first-order valence-corrected chi connectivity index (χ1v) is 13.9. The number of amides is 1. The van der Waals surface area contributed by atoms with Crippen LogP contribution < -0.4 is 10.5 Å². The third-order valence-corrected chi connectivity index (χ3v) is 7.89. The van der Waals surface area contributed by atoms with Gasteiger partial charge in [-0.05, 0) is 51.2 Å². The van der Waals surface area contributed by atoms with Gasteiger partial charge in [0.05, 0.1) is 4.91 Å². The minimum Gasteiger partial charge on any atom is -0.382 e. The number of anilines is 1. The fourth-order valence-electron chi connectivity index (χ4n) is 4.58. The van der Waals surface area contributed by atoms with E-state index < -0.39 is 0 Å². The van der Waals surface area contributed by atoms with Crippen LogP contribution in [0.15, 0.2) is 9.70 Å². The van der Waals surface area contributed by atoms with E-state index in [9.17, 15) is 14.9 Å². The predicted octanol–water partition coefficient (Wildman–Crippen LogP) is 4.84. The molecule has 0 N–H and O–H groups in total. The first-order valence-electron chi connectivity index (χ1n) is 12.7. The van der Waals surface area contributed by atoms with Crippen molar-refractivity contribution in [3.8, 4) is 6.07 Å². The van der Waals surface area contributed by atoms with Crippen LogP contribution in [0.25, 0.3) is 6.08 Å².